The molecule has 3 heterocycles. The molecule has 2 aromatic heterocycles. The molecule has 4 rings (SSSR count). The van der Waals surface area contributed by atoms with Crippen LogP contribution < -0.4 is 15.5 Å². The van der Waals surface area contributed by atoms with Crippen molar-refractivity contribution in [2.75, 3.05) is 49.6 Å². The third-order valence-electron chi connectivity index (χ3n) is 5.41. The summed E-state index contributed by atoms with van der Waals surface area (Å²) >= 11 is 0. The lowest BCUT2D eigenvalue weighted by Gasteiger charge is -2.27. The van der Waals surface area contributed by atoms with Crippen LogP contribution >= 0.6 is 0 Å². The normalized spacial score (nSPS) is 14.8. The smallest absolute Gasteiger partial charge is 0.370 e. The number of aryl methyl sites for hydroxylation is 2. The van der Waals surface area contributed by atoms with Crippen LogP contribution in [0.1, 0.15) is 18.2 Å². The average Bonchev–Trinajstić information content (AvgIpc) is 3.16. The lowest BCUT2D eigenvalue weighted by atomic mass is 10.2. The fourth-order valence-corrected chi connectivity index (χ4v) is 3.74. The summed E-state index contributed by atoms with van der Waals surface area (Å²) in [6.45, 7) is 6.01. The van der Waals surface area contributed by atoms with Crippen LogP contribution in [0.5, 0.6) is 0 Å². The van der Waals surface area contributed by atoms with Gasteiger partial charge in [-0.1, -0.05) is 24.6 Å². The van der Waals surface area contributed by atoms with E-state index in [0.717, 1.165) is 43.1 Å². The van der Waals surface area contributed by atoms with Crippen molar-refractivity contribution < 1.29 is 17.9 Å². The molecule has 0 atom stereocenters. The highest BCUT2D eigenvalue weighted by Crippen LogP contribution is 2.29. The minimum atomic E-state index is -4.36. The Labute approximate surface area is 190 Å². The molecule has 0 unspecified atom stereocenters. The molecule has 0 radical (unpaired) electrons. The molecule has 0 saturated carbocycles. The van der Waals surface area contributed by atoms with Crippen LogP contribution in [0.15, 0.2) is 24.3 Å². The van der Waals surface area contributed by atoms with Crippen LogP contribution in [0.3, 0.4) is 0 Å². The fourth-order valence-electron chi connectivity index (χ4n) is 3.74. The summed E-state index contributed by atoms with van der Waals surface area (Å²) in [7, 11) is 0. The van der Waals surface area contributed by atoms with E-state index < -0.39 is 12.8 Å². The van der Waals surface area contributed by atoms with Crippen LogP contribution in [0.4, 0.5) is 30.6 Å². The first-order chi connectivity index (χ1) is 15.8. The van der Waals surface area contributed by atoms with Gasteiger partial charge in [0, 0.05) is 31.9 Å². The number of ether oxygens (including phenoxy) is 1. The zero-order chi connectivity index (χ0) is 23.4. The minimum Gasteiger partial charge on any atom is -0.370 e. The van der Waals surface area contributed by atoms with E-state index in [1.165, 1.54) is 0 Å². The highest BCUT2D eigenvalue weighted by Gasteiger charge is 2.27. The van der Waals surface area contributed by atoms with Crippen molar-refractivity contribution in [3.63, 3.8) is 0 Å². The third kappa shape index (κ3) is 5.72. The van der Waals surface area contributed by atoms with Gasteiger partial charge in [-0.05, 0) is 25.5 Å². The van der Waals surface area contributed by atoms with Gasteiger partial charge in [-0.25, -0.2) is 4.98 Å². The predicted octanol–water partition coefficient (Wildman–Crippen LogP) is 3.43. The van der Waals surface area contributed by atoms with Crippen molar-refractivity contribution in [3.8, 4) is 0 Å². The maximum Gasteiger partial charge on any atom is 0.411 e. The topological polar surface area (TPSA) is 80.1 Å². The van der Waals surface area contributed by atoms with E-state index in [4.69, 9.17) is 14.7 Å². The summed E-state index contributed by atoms with van der Waals surface area (Å²) in [5, 5.41) is 11.3. The van der Waals surface area contributed by atoms with Crippen molar-refractivity contribution in [3.05, 3.63) is 35.5 Å². The quantitative estimate of drug-likeness (QED) is 0.496. The van der Waals surface area contributed by atoms with Crippen molar-refractivity contribution in [2.45, 2.75) is 33.0 Å². The van der Waals surface area contributed by atoms with Crippen molar-refractivity contribution in [1.82, 2.24) is 25.1 Å². The van der Waals surface area contributed by atoms with Crippen LogP contribution in [0.2, 0.25) is 0 Å². The van der Waals surface area contributed by atoms with E-state index in [-0.39, 0.29) is 13.2 Å². The van der Waals surface area contributed by atoms with Gasteiger partial charge in [-0.3, -0.25) is 4.68 Å². The minimum absolute atomic E-state index is 0.122. The number of hydrogen-bond donors (Lipinski definition) is 2. The van der Waals surface area contributed by atoms with Gasteiger partial charge in [0.05, 0.1) is 18.8 Å². The molecule has 0 bridgehead atoms. The number of rotatable bonds is 8. The Bertz CT molecular complexity index is 1080. The number of fused-ring (bicyclic) bond motifs is 1. The fraction of sp³-hybridized carbons (Fsp3) is 0.500. The van der Waals surface area contributed by atoms with Crippen molar-refractivity contribution in [2.24, 2.45) is 0 Å². The number of benzene rings is 1. The first-order valence-corrected chi connectivity index (χ1v) is 11.1. The zero-order valence-electron chi connectivity index (χ0n) is 18.7. The summed E-state index contributed by atoms with van der Waals surface area (Å²) < 4.78 is 43.9. The molecule has 1 aliphatic rings. The van der Waals surface area contributed by atoms with Crippen LogP contribution in [-0.4, -0.2) is 65.3 Å². The highest BCUT2D eigenvalue weighted by atomic mass is 19.4. The molecule has 0 spiro atoms. The maximum absolute atomic E-state index is 12.5. The Kier molecular flexibility index (Phi) is 6.99. The number of nitrogens with one attached hydrogen (secondary N) is 2. The monoisotopic (exact) mass is 463 g/mol. The molecule has 1 saturated heterocycles. The van der Waals surface area contributed by atoms with E-state index >= 15 is 0 Å². The Morgan fingerprint density at radius 2 is 1.85 bits per heavy atom. The van der Waals surface area contributed by atoms with Crippen LogP contribution in [-0.2, 0) is 17.7 Å². The van der Waals surface area contributed by atoms with E-state index in [1.807, 2.05) is 38.1 Å². The molecule has 8 nitrogen and oxygen atoms in total. The number of piperazine rings is 1. The van der Waals surface area contributed by atoms with Gasteiger partial charge in [0.15, 0.2) is 5.82 Å². The number of nitrogens with zero attached hydrogens (tertiary/aromatic N) is 5. The summed E-state index contributed by atoms with van der Waals surface area (Å²) in [6.07, 6.45) is -3.73. The number of aromatic nitrogens is 4. The lowest BCUT2D eigenvalue weighted by molar-refractivity contribution is -0.174. The zero-order valence-corrected chi connectivity index (χ0v) is 18.7. The molecular weight excluding hydrogens is 435 g/mol. The number of alkyl halides is 3. The maximum atomic E-state index is 12.5. The van der Waals surface area contributed by atoms with E-state index in [9.17, 15) is 13.2 Å². The SMILES string of the molecule is CCc1nn(CCOCC(F)(F)F)c2c(Nc3ccc(C)cc3)nc(N3CCNCC3)nc12. The lowest BCUT2D eigenvalue weighted by Crippen LogP contribution is -2.44. The third-order valence-corrected chi connectivity index (χ3v) is 5.41. The van der Waals surface area contributed by atoms with Gasteiger partial charge in [0.2, 0.25) is 5.95 Å². The van der Waals surface area contributed by atoms with Crippen LogP contribution in [0.25, 0.3) is 11.0 Å². The highest BCUT2D eigenvalue weighted by molar-refractivity contribution is 5.90. The average molecular weight is 464 g/mol. The second kappa shape index (κ2) is 9.92. The van der Waals surface area contributed by atoms with Gasteiger partial charge in [0.1, 0.15) is 17.6 Å². The van der Waals surface area contributed by atoms with Gasteiger partial charge >= 0.3 is 6.18 Å². The standard InChI is InChI=1S/C22H28F3N7O/c1-3-17-18-19(32(30-17)12-13-33-14-22(23,24)25)20(27-16-6-4-15(2)5-7-16)29-21(28-18)31-10-8-26-9-11-31/h4-7,26H,3,8-14H2,1-2H3,(H,27,28,29). The van der Waals surface area contributed by atoms with Gasteiger partial charge in [-0.2, -0.15) is 23.3 Å². The molecule has 33 heavy (non-hydrogen) atoms. The van der Waals surface area contributed by atoms with Crippen LogP contribution in [0, 0.1) is 6.92 Å². The van der Waals surface area contributed by atoms with Gasteiger partial charge in [0.25, 0.3) is 0 Å². The molecular formula is C22H28F3N7O. The van der Waals surface area contributed by atoms with Gasteiger partial charge in [-0.15, -0.1) is 0 Å². The van der Waals surface area contributed by atoms with Gasteiger partial charge < -0.3 is 20.3 Å². The number of halogens is 3. The second-order valence-corrected chi connectivity index (χ2v) is 7.99. The Morgan fingerprint density at radius 1 is 1.12 bits per heavy atom. The predicted molar refractivity (Wildman–Crippen MR) is 121 cm³/mol. The molecule has 1 fully saturated rings. The second-order valence-electron chi connectivity index (χ2n) is 7.99. The Morgan fingerprint density at radius 3 is 2.52 bits per heavy atom. The molecule has 1 aromatic carbocycles. The molecule has 0 aliphatic carbocycles. The van der Waals surface area contributed by atoms with E-state index in [0.29, 0.717) is 29.2 Å². The summed E-state index contributed by atoms with van der Waals surface area (Å²) in [5.41, 5.74) is 4.11. The molecule has 1 aliphatic heterocycles. The van der Waals surface area contributed by atoms with E-state index in [2.05, 4.69) is 20.6 Å². The summed E-state index contributed by atoms with van der Waals surface area (Å²) in [5.74, 6) is 1.18. The number of anilines is 3. The summed E-state index contributed by atoms with van der Waals surface area (Å²) in [6, 6.07) is 7.92. The van der Waals surface area contributed by atoms with E-state index in [1.54, 1.807) is 4.68 Å². The molecule has 178 valence electrons. The Hall–Kier alpha value is -2.92. The first-order valence-electron chi connectivity index (χ1n) is 11.1. The van der Waals surface area contributed by atoms with Crippen molar-refractivity contribution >= 4 is 28.5 Å². The van der Waals surface area contributed by atoms with Crippen molar-refractivity contribution in [1.29, 1.82) is 0 Å². The molecule has 11 heteroatoms. The molecule has 3 aromatic rings. The number of hydrogen-bond acceptors (Lipinski definition) is 7. The largest absolute Gasteiger partial charge is 0.411 e. The molecule has 2 N–H and O–H groups in total. The molecule has 0 amide bonds. The Balaban J connectivity index is 1.72. The summed E-state index contributed by atoms with van der Waals surface area (Å²) in [4.78, 5) is 11.8. The first kappa shape index (κ1) is 23.2.